The van der Waals surface area contributed by atoms with Gasteiger partial charge < -0.3 is 20.3 Å². The van der Waals surface area contributed by atoms with Crippen LogP contribution >= 0.6 is 0 Å². The minimum atomic E-state index is -0.994. The fourth-order valence-electron chi connectivity index (χ4n) is 1.45. The van der Waals surface area contributed by atoms with Crippen LogP contribution in [-0.4, -0.2) is 41.2 Å². The number of aliphatic hydroxyl groups excluding tert-OH is 2. The number of benzene rings is 1. The van der Waals surface area contributed by atoms with Gasteiger partial charge in [0.15, 0.2) is 0 Å². The molecule has 21 heavy (non-hydrogen) atoms. The van der Waals surface area contributed by atoms with Crippen molar-refractivity contribution < 1.29 is 24.1 Å². The SMILES string of the molecule is CC(C)(C)OC(=O)Nc1ccc(F)c(NCC(O)CO)c1. The van der Waals surface area contributed by atoms with Crippen molar-refractivity contribution >= 4 is 17.5 Å². The lowest BCUT2D eigenvalue weighted by Crippen LogP contribution is -2.27. The molecule has 0 aliphatic carbocycles. The summed E-state index contributed by atoms with van der Waals surface area (Å²) in [6.07, 6.45) is -1.64. The van der Waals surface area contributed by atoms with Crippen molar-refractivity contribution in [3.63, 3.8) is 0 Å². The van der Waals surface area contributed by atoms with Crippen molar-refractivity contribution in [2.75, 3.05) is 23.8 Å². The number of aliphatic hydroxyl groups is 2. The van der Waals surface area contributed by atoms with Crippen LogP contribution in [0.15, 0.2) is 18.2 Å². The summed E-state index contributed by atoms with van der Waals surface area (Å²) in [6, 6.07) is 3.95. The lowest BCUT2D eigenvalue weighted by atomic mass is 10.2. The van der Waals surface area contributed by atoms with E-state index in [-0.39, 0.29) is 12.2 Å². The molecule has 1 amide bonds. The number of anilines is 2. The van der Waals surface area contributed by atoms with Crippen LogP contribution in [0, 0.1) is 5.82 Å². The number of ether oxygens (including phenoxy) is 1. The number of carbonyl (C=O) groups excluding carboxylic acids is 1. The number of halogens is 1. The van der Waals surface area contributed by atoms with E-state index in [4.69, 9.17) is 9.84 Å². The van der Waals surface area contributed by atoms with Crippen LogP contribution in [-0.2, 0) is 4.74 Å². The smallest absolute Gasteiger partial charge is 0.412 e. The molecular weight excluding hydrogens is 279 g/mol. The van der Waals surface area contributed by atoms with Crippen LogP contribution in [0.5, 0.6) is 0 Å². The highest BCUT2D eigenvalue weighted by atomic mass is 19.1. The Labute approximate surface area is 122 Å². The maximum absolute atomic E-state index is 13.6. The molecule has 0 saturated heterocycles. The zero-order valence-electron chi connectivity index (χ0n) is 12.3. The van der Waals surface area contributed by atoms with Gasteiger partial charge in [0, 0.05) is 12.2 Å². The van der Waals surface area contributed by atoms with E-state index in [1.54, 1.807) is 20.8 Å². The van der Waals surface area contributed by atoms with Gasteiger partial charge in [-0.25, -0.2) is 9.18 Å². The normalized spacial score (nSPS) is 12.7. The third-order valence-electron chi connectivity index (χ3n) is 2.35. The van der Waals surface area contributed by atoms with E-state index in [9.17, 15) is 14.3 Å². The number of amides is 1. The number of rotatable bonds is 5. The lowest BCUT2D eigenvalue weighted by Gasteiger charge is -2.20. The van der Waals surface area contributed by atoms with Crippen LogP contribution in [0.3, 0.4) is 0 Å². The van der Waals surface area contributed by atoms with E-state index in [0.29, 0.717) is 5.69 Å². The van der Waals surface area contributed by atoms with Crippen molar-refractivity contribution in [2.45, 2.75) is 32.5 Å². The Morgan fingerprint density at radius 2 is 2.10 bits per heavy atom. The molecule has 0 aliphatic rings. The van der Waals surface area contributed by atoms with E-state index >= 15 is 0 Å². The van der Waals surface area contributed by atoms with Crippen LogP contribution in [0.4, 0.5) is 20.6 Å². The van der Waals surface area contributed by atoms with Gasteiger partial charge in [-0.15, -0.1) is 0 Å². The molecule has 6 nitrogen and oxygen atoms in total. The number of hydrogen-bond acceptors (Lipinski definition) is 5. The van der Waals surface area contributed by atoms with Gasteiger partial charge in [-0.2, -0.15) is 0 Å². The number of carbonyl (C=O) groups is 1. The highest BCUT2D eigenvalue weighted by molar-refractivity contribution is 5.85. The van der Waals surface area contributed by atoms with Crippen LogP contribution in [0.2, 0.25) is 0 Å². The Morgan fingerprint density at radius 3 is 2.67 bits per heavy atom. The predicted molar refractivity (Wildman–Crippen MR) is 77.8 cm³/mol. The molecule has 1 unspecified atom stereocenters. The summed E-state index contributed by atoms with van der Waals surface area (Å²) in [4.78, 5) is 11.6. The molecule has 1 atom stereocenters. The standard InChI is InChI=1S/C14H21FN2O4/c1-14(2,3)21-13(20)17-9-4-5-11(15)12(6-9)16-7-10(19)8-18/h4-6,10,16,18-19H,7-8H2,1-3H3,(H,17,20). The van der Waals surface area contributed by atoms with Crippen LogP contribution in [0.1, 0.15) is 20.8 Å². The van der Waals surface area contributed by atoms with E-state index in [2.05, 4.69) is 10.6 Å². The zero-order chi connectivity index (χ0) is 16.0. The molecule has 1 aromatic carbocycles. The number of hydrogen-bond donors (Lipinski definition) is 4. The van der Waals surface area contributed by atoms with Crippen molar-refractivity contribution in [1.82, 2.24) is 0 Å². The molecule has 0 aliphatic heterocycles. The monoisotopic (exact) mass is 300 g/mol. The molecule has 0 radical (unpaired) electrons. The first-order chi connectivity index (χ1) is 9.71. The topological polar surface area (TPSA) is 90.8 Å². The fourth-order valence-corrected chi connectivity index (χ4v) is 1.45. The van der Waals surface area contributed by atoms with Gasteiger partial charge >= 0.3 is 6.09 Å². The zero-order valence-corrected chi connectivity index (χ0v) is 12.3. The van der Waals surface area contributed by atoms with Crippen LogP contribution < -0.4 is 10.6 Å². The molecule has 118 valence electrons. The molecule has 4 N–H and O–H groups in total. The lowest BCUT2D eigenvalue weighted by molar-refractivity contribution is 0.0636. The third kappa shape index (κ3) is 6.42. The summed E-state index contributed by atoms with van der Waals surface area (Å²) in [5.74, 6) is -0.533. The van der Waals surface area contributed by atoms with Gasteiger partial charge in [-0.05, 0) is 39.0 Å². The summed E-state index contributed by atoms with van der Waals surface area (Å²) in [5, 5.41) is 23.1. The molecule has 7 heteroatoms. The Morgan fingerprint density at radius 1 is 1.43 bits per heavy atom. The van der Waals surface area contributed by atoms with Gasteiger partial charge in [0.25, 0.3) is 0 Å². The average molecular weight is 300 g/mol. The first-order valence-corrected chi connectivity index (χ1v) is 6.53. The second-order valence-corrected chi connectivity index (χ2v) is 5.54. The van der Waals surface area contributed by atoms with Gasteiger partial charge in [-0.3, -0.25) is 5.32 Å². The Hall–Kier alpha value is -1.86. The first kappa shape index (κ1) is 17.2. The van der Waals surface area contributed by atoms with E-state index < -0.39 is 30.2 Å². The second-order valence-electron chi connectivity index (χ2n) is 5.54. The van der Waals surface area contributed by atoms with E-state index in [1.807, 2.05) is 0 Å². The molecular formula is C14H21FN2O4. The van der Waals surface area contributed by atoms with Gasteiger partial charge in [0.1, 0.15) is 11.4 Å². The Balaban J connectivity index is 2.70. The molecule has 0 heterocycles. The van der Waals surface area contributed by atoms with E-state index in [0.717, 1.165) is 0 Å². The second kappa shape index (κ2) is 7.24. The molecule has 0 spiro atoms. The quantitative estimate of drug-likeness (QED) is 0.667. The summed E-state index contributed by atoms with van der Waals surface area (Å²) < 4.78 is 18.7. The third-order valence-corrected chi connectivity index (χ3v) is 2.35. The highest BCUT2D eigenvalue weighted by Crippen LogP contribution is 2.20. The summed E-state index contributed by atoms with van der Waals surface area (Å²) in [6.45, 7) is 4.77. The Bertz CT molecular complexity index is 488. The highest BCUT2D eigenvalue weighted by Gasteiger charge is 2.16. The molecule has 0 aromatic heterocycles. The molecule has 0 bridgehead atoms. The molecule has 0 fully saturated rings. The largest absolute Gasteiger partial charge is 0.444 e. The fraction of sp³-hybridized carbons (Fsp3) is 0.500. The Kier molecular flexibility index (Phi) is 5.92. The molecule has 1 aromatic rings. The van der Waals surface area contributed by atoms with E-state index in [1.165, 1.54) is 18.2 Å². The summed E-state index contributed by atoms with van der Waals surface area (Å²) in [7, 11) is 0. The van der Waals surface area contributed by atoms with Crippen LogP contribution in [0.25, 0.3) is 0 Å². The van der Waals surface area contributed by atoms with Crippen molar-refractivity contribution in [1.29, 1.82) is 0 Å². The summed E-state index contributed by atoms with van der Waals surface area (Å²) >= 11 is 0. The van der Waals surface area contributed by atoms with Gasteiger partial charge in [-0.1, -0.05) is 0 Å². The van der Waals surface area contributed by atoms with Crippen molar-refractivity contribution in [3.05, 3.63) is 24.0 Å². The van der Waals surface area contributed by atoms with Crippen molar-refractivity contribution in [2.24, 2.45) is 0 Å². The maximum Gasteiger partial charge on any atom is 0.412 e. The predicted octanol–water partition coefficient (Wildman–Crippen LogP) is 1.94. The molecule has 0 saturated carbocycles. The van der Waals surface area contributed by atoms with Gasteiger partial charge in [0.2, 0.25) is 0 Å². The molecule has 1 rings (SSSR count). The average Bonchev–Trinajstić information content (AvgIpc) is 2.36. The van der Waals surface area contributed by atoms with Gasteiger partial charge in [0.05, 0.1) is 18.4 Å². The van der Waals surface area contributed by atoms with Crippen molar-refractivity contribution in [3.8, 4) is 0 Å². The number of nitrogens with one attached hydrogen (secondary N) is 2. The first-order valence-electron chi connectivity index (χ1n) is 6.53. The summed E-state index contributed by atoms with van der Waals surface area (Å²) in [5.41, 5.74) is -0.168. The minimum absolute atomic E-state index is 0.0106. The minimum Gasteiger partial charge on any atom is -0.444 e. The maximum atomic E-state index is 13.6.